The summed E-state index contributed by atoms with van der Waals surface area (Å²) in [5, 5.41) is 14.8. The Bertz CT molecular complexity index is 1760. The molecule has 2 fully saturated rings. The molecule has 4 aromatic rings. The van der Waals surface area contributed by atoms with Crippen molar-refractivity contribution in [2.75, 3.05) is 32.8 Å². The number of hydrogen-bond donors (Lipinski definition) is 4. The number of hydrogen-bond acceptors (Lipinski definition) is 8. The first-order chi connectivity index (χ1) is 23.8. The van der Waals surface area contributed by atoms with Crippen LogP contribution in [0, 0.1) is 5.92 Å². The minimum atomic E-state index is -0.610. The third-order valence-electron chi connectivity index (χ3n) is 9.51. The fraction of sp³-hybridized carbons (Fsp3) is 0.432. The van der Waals surface area contributed by atoms with E-state index in [-0.39, 0.29) is 56.2 Å². The van der Waals surface area contributed by atoms with E-state index in [4.69, 9.17) is 14.2 Å². The molecule has 2 aliphatic heterocycles. The predicted molar refractivity (Wildman–Crippen MR) is 184 cm³/mol. The minimum absolute atomic E-state index is 0.0232. The average Bonchev–Trinajstić information content (AvgIpc) is 3.47. The van der Waals surface area contributed by atoms with Gasteiger partial charge in [-0.05, 0) is 48.6 Å². The van der Waals surface area contributed by atoms with E-state index in [1.165, 1.54) is 0 Å². The first-order valence-corrected chi connectivity index (χ1v) is 17.0. The largest absolute Gasteiger partial charge is 0.465 e. The second kappa shape index (κ2) is 15.8. The number of urea groups is 1. The highest BCUT2D eigenvalue weighted by molar-refractivity contribution is 5.80. The van der Waals surface area contributed by atoms with Crippen LogP contribution in [-0.2, 0) is 32.2 Å². The Kier molecular flexibility index (Phi) is 11.1. The number of aromatic nitrogens is 2. The zero-order valence-corrected chi connectivity index (χ0v) is 28.0. The summed E-state index contributed by atoms with van der Waals surface area (Å²) in [5.41, 5.74) is 5.36. The highest BCUT2D eigenvalue weighted by Crippen LogP contribution is 2.42. The van der Waals surface area contributed by atoms with E-state index in [0.717, 1.165) is 65.8 Å². The number of benzene rings is 3. The first kappa shape index (κ1) is 34.4. The lowest BCUT2D eigenvalue weighted by molar-refractivity contribution is -0.276. The molecule has 2 amide bonds. The molecular formula is C37H45N5O7. The molecule has 0 aliphatic carbocycles. The highest BCUT2D eigenvalue weighted by atomic mass is 16.7. The maximum absolute atomic E-state index is 12.8. The van der Waals surface area contributed by atoms with Crippen molar-refractivity contribution in [3.8, 4) is 0 Å². The van der Waals surface area contributed by atoms with Crippen molar-refractivity contribution in [3.05, 3.63) is 106 Å². The Morgan fingerprint density at radius 1 is 0.939 bits per heavy atom. The van der Waals surface area contributed by atoms with E-state index in [0.29, 0.717) is 0 Å². The summed E-state index contributed by atoms with van der Waals surface area (Å²) >= 11 is 0. The highest BCUT2D eigenvalue weighted by Gasteiger charge is 2.39. The Labute approximate surface area is 285 Å². The summed E-state index contributed by atoms with van der Waals surface area (Å²) in [6.07, 6.45) is 0.762. The number of aromatic amines is 1. The van der Waals surface area contributed by atoms with E-state index < -0.39 is 18.3 Å². The van der Waals surface area contributed by atoms with Crippen LogP contribution in [0.1, 0.15) is 67.4 Å². The van der Waals surface area contributed by atoms with Crippen LogP contribution in [0.3, 0.4) is 0 Å². The van der Waals surface area contributed by atoms with Crippen LogP contribution >= 0.6 is 0 Å². The fourth-order valence-electron chi connectivity index (χ4n) is 6.78. The van der Waals surface area contributed by atoms with Gasteiger partial charge in [0.25, 0.3) is 0 Å². The summed E-state index contributed by atoms with van der Waals surface area (Å²) in [4.78, 5) is 41.9. The molecule has 4 atom stereocenters. The number of aliphatic hydroxyl groups is 1. The molecular weight excluding hydrogens is 626 g/mol. The van der Waals surface area contributed by atoms with Gasteiger partial charge >= 0.3 is 17.7 Å². The molecule has 0 spiro atoms. The van der Waals surface area contributed by atoms with Crippen LogP contribution < -0.4 is 16.3 Å². The van der Waals surface area contributed by atoms with Crippen molar-refractivity contribution in [1.29, 1.82) is 0 Å². The molecule has 0 bridgehead atoms. The van der Waals surface area contributed by atoms with Crippen molar-refractivity contribution in [1.82, 2.24) is 25.1 Å². The van der Waals surface area contributed by atoms with Crippen molar-refractivity contribution < 1.29 is 28.9 Å². The lowest BCUT2D eigenvalue weighted by Crippen LogP contribution is -2.47. The second-order valence-corrected chi connectivity index (χ2v) is 12.8. The van der Waals surface area contributed by atoms with E-state index >= 15 is 0 Å². The molecule has 4 N–H and O–H groups in total. The zero-order valence-electron chi connectivity index (χ0n) is 28.0. The predicted octanol–water partition coefficient (Wildman–Crippen LogP) is 4.31. The topological polar surface area (TPSA) is 147 Å². The molecule has 3 heterocycles. The van der Waals surface area contributed by atoms with Gasteiger partial charge in [-0.25, -0.2) is 9.59 Å². The number of esters is 1. The molecule has 49 heavy (non-hydrogen) atoms. The summed E-state index contributed by atoms with van der Waals surface area (Å²) in [5.74, 6) is -0.446. The van der Waals surface area contributed by atoms with Gasteiger partial charge in [0.15, 0.2) is 6.29 Å². The number of imidazole rings is 1. The number of piperidine rings is 1. The smallest absolute Gasteiger partial charge is 0.326 e. The van der Waals surface area contributed by atoms with Gasteiger partial charge in [-0.2, -0.15) is 0 Å². The quantitative estimate of drug-likeness (QED) is 0.173. The van der Waals surface area contributed by atoms with Crippen LogP contribution in [0.4, 0.5) is 4.79 Å². The van der Waals surface area contributed by atoms with E-state index in [1.807, 2.05) is 77.4 Å². The molecule has 12 nitrogen and oxygen atoms in total. The van der Waals surface area contributed by atoms with Crippen molar-refractivity contribution in [3.63, 3.8) is 0 Å². The monoisotopic (exact) mass is 671 g/mol. The number of nitrogens with zero attached hydrogens (tertiary/aromatic N) is 2. The SMILES string of the molecule is CCOC(=O)CNC(=O)NCc1ccc([C@@H]2O[C@H](CN3CCC(n4c(=O)[nH]c5ccccc54)CC3)[C@H](C)[C@H](c3ccc(CO)cc3)O2)cc1. The third-order valence-corrected chi connectivity index (χ3v) is 9.51. The number of carbonyl (C=O) groups is 2. The molecule has 2 saturated heterocycles. The van der Waals surface area contributed by atoms with Crippen LogP contribution in [0.5, 0.6) is 0 Å². The summed E-state index contributed by atoms with van der Waals surface area (Å²) in [6.45, 7) is 6.61. The number of H-pyrrole nitrogens is 1. The molecule has 0 radical (unpaired) electrons. The number of carbonyl (C=O) groups excluding carboxylic acids is 2. The van der Waals surface area contributed by atoms with Crippen molar-refractivity contribution >= 4 is 23.0 Å². The molecule has 12 heteroatoms. The number of fused-ring (bicyclic) bond motifs is 1. The lowest BCUT2D eigenvalue weighted by Gasteiger charge is -2.44. The number of aliphatic hydroxyl groups excluding tert-OH is 1. The standard InChI is InChI=1S/C37H45N5O7/c1-3-47-33(44)21-39-36(45)38-20-25-8-14-28(15-9-25)35-48-32(24(2)34(49-35)27-12-10-26(23-43)11-13-27)22-41-18-16-29(17-19-41)42-31-7-5-4-6-30(31)40-37(42)46/h4-15,24,29,32,34-35,43H,3,16-23H2,1-2H3,(H,40,46)(H2,38,39,45)/t24-,32+,34+,35+/m0/s1. The summed E-state index contributed by atoms with van der Waals surface area (Å²) in [7, 11) is 0. The molecule has 0 saturated carbocycles. The van der Waals surface area contributed by atoms with E-state index in [1.54, 1.807) is 6.92 Å². The molecule has 3 aromatic carbocycles. The lowest BCUT2D eigenvalue weighted by atomic mass is 9.89. The van der Waals surface area contributed by atoms with Crippen LogP contribution in [0.25, 0.3) is 11.0 Å². The van der Waals surface area contributed by atoms with Crippen LogP contribution in [0.15, 0.2) is 77.6 Å². The van der Waals surface area contributed by atoms with Gasteiger partial charge in [-0.3, -0.25) is 9.36 Å². The molecule has 2 aliphatic rings. The van der Waals surface area contributed by atoms with Crippen molar-refractivity contribution in [2.24, 2.45) is 5.92 Å². The molecule has 6 rings (SSSR count). The van der Waals surface area contributed by atoms with Crippen LogP contribution in [0.2, 0.25) is 0 Å². The number of rotatable bonds is 11. The fourth-order valence-corrected chi connectivity index (χ4v) is 6.78. The number of likely N-dealkylation sites (tertiary alicyclic amines) is 1. The van der Waals surface area contributed by atoms with Gasteiger partial charge in [0, 0.05) is 43.7 Å². The van der Waals surface area contributed by atoms with E-state index in [2.05, 4.69) is 27.4 Å². The summed E-state index contributed by atoms with van der Waals surface area (Å²) < 4.78 is 20.1. The molecule has 1 aromatic heterocycles. The van der Waals surface area contributed by atoms with Gasteiger partial charge in [0.1, 0.15) is 6.54 Å². The van der Waals surface area contributed by atoms with Gasteiger partial charge in [0.2, 0.25) is 0 Å². The average molecular weight is 672 g/mol. The van der Waals surface area contributed by atoms with Gasteiger partial charge in [0.05, 0.1) is 36.5 Å². The number of para-hydroxylation sites is 2. The Hall–Kier alpha value is -4.49. The van der Waals surface area contributed by atoms with Gasteiger partial charge < -0.3 is 39.8 Å². The van der Waals surface area contributed by atoms with Crippen LogP contribution in [-0.4, -0.2) is 70.4 Å². The number of ether oxygens (including phenoxy) is 3. The number of amides is 2. The van der Waals surface area contributed by atoms with Gasteiger partial charge in [-0.1, -0.05) is 67.6 Å². The maximum atomic E-state index is 12.8. The zero-order chi connectivity index (χ0) is 34.3. The molecule has 0 unspecified atom stereocenters. The first-order valence-electron chi connectivity index (χ1n) is 17.0. The normalized spacial score (nSPS) is 21.8. The molecule has 260 valence electrons. The Balaban J connectivity index is 1.12. The van der Waals surface area contributed by atoms with E-state index in [9.17, 15) is 19.5 Å². The third kappa shape index (κ3) is 8.22. The minimum Gasteiger partial charge on any atom is -0.465 e. The van der Waals surface area contributed by atoms with Crippen molar-refractivity contribution in [2.45, 2.75) is 64.4 Å². The number of nitrogens with one attached hydrogen (secondary N) is 3. The maximum Gasteiger partial charge on any atom is 0.326 e. The van der Waals surface area contributed by atoms with Gasteiger partial charge in [-0.15, -0.1) is 0 Å². The summed E-state index contributed by atoms with van der Waals surface area (Å²) in [6, 6.07) is 23.1. The Morgan fingerprint density at radius 2 is 1.63 bits per heavy atom. The second-order valence-electron chi connectivity index (χ2n) is 12.8. The Morgan fingerprint density at radius 3 is 2.35 bits per heavy atom.